The first-order chi connectivity index (χ1) is 12.1. The van der Waals surface area contributed by atoms with Crippen LogP contribution in [0.15, 0.2) is 18.3 Å². The van der Waals surface area contributed by atoms with E-state index in [9.17, 15) is 4.79 Å². The van der Waals surface area contributed by atoms with Crippen LogP contribution in [0.25, 0.3) is 0 Å². The van der Waals surface area contributed by atoms with Crippen molar-refractivity contribution in [2.45, 2.75) is 31.2 Å². The quantitative estimate of drug-likeness (QED) is 0.761. The number of nitrogens with zero attached hydrogens (tertiary/aromatic N) is 5. The maximum atomic E-state index is 11.1. The summed E-state index contributed by atoms with van der Waals surface area (Å²) in [7, 11) is 1.60. The molecule has 0 radical (unpaired) electrons. The molecule has 0 bridgehead atoms. The fraction of sp³-hybridized carbons (Fsp3) is 0.500. The van der Waals surface area contributed by atoms with Gasteiger partial charge in [-0.15, -0.1) is 0 Å². The highest BCUT2D eigenvalue weighted by molar-refractivity contribution is 5.65. The highest BCUT2D eigenvalue weighted by atomic mass is 16.4. The summed E-state index contributed by atoms with van der Waals surface area (Å²) in [6.45, 7) is 1.33. The molecule has 2 aliphatic rings. The SMILES string of the molecule is CN(C(=O)O)C1CCN(c2nccc(Nc3cc(C4CC4)[nH]n3)n2)C1. The fourth-order valence-electron chi connectivity index (χ4n) is 3.10. The molecule has 1 aliphatic carbocycles. The Morgan fingerprint density at radius 1 is 1.40 bits per heavy atom. The lowest BCUT2D eigenvalue weighted by molar-refractivity contribution is 0.142. The number of likely N-dealkylation sites (N-methyl/N-ethyl adjacent to an activating group) is 1. The van der Waals surface area contributed by atoms with E-state index in [1.165, 1.54) is 17.7 Å². The van der Waals surface area contributed by atoms with Gasteiger partial charge in [-0.1, -0.05) is 0 Å². The summed E-state index contributed by atoms with van der Waals surface area (Å²) in [5, 5.41) is 19.6. The Morgan fingerprint density at radius 3 is 3.00 bits per heavy atom. The smallest absolute Gasteiger partial charge is 0.407 e. The van der Waals surface area contributed by atoms with Crippen LogP contribution in [0.2, 0.25) is 0 Å². The second-order valence-electron chi connectivity index (χ2n) is 6.63. The Balaban J connectivity index is 1.43. The van der Waals surface area contributed by atoms with Crippen molar-refractivity contribution in [3.63, 3.8) is 0 Å². The van der Waals surface area contributed by atoms with E-state index in [0.717, 1.165) is 24.5 Å². The number of hydrogen-bond donors (Lipinski definition) is 3. The second kappa shape index (κ2) is 6.23. The van der Waals surface area contributed by atoms with Gasteiger partial charge in [0.25, 0.3) is 0 Å². The molecule has 1 atom stereocenters. The number of hydrogen-bond acceptors (Lipinski definition) is 6. The van der Waals surface area contributed by atoms with Crippen LogP contribution in [0.4, 0.5) is 22.4 Å². The van der Waals surface area contributed by atoms with Crippen molar-refractivity contribution >= 4 is 23.7 Å². The van der Waals surface area contributed by atoms with Crippen molar-refractivity contribution in [1.82, 2.24) is 25.1 Å². The van der Waals surface area contributed by atoms with E-state index in [0.29, 0.717) is 24.2 Å². The molecule has 0 aromatic carbocycles. The number of carboxylic acid groups (broad SMARTS) is 1. The van der Waals surface area contributed by atoms with Crippen LogP contribution in [0.1, 0.15) is 30.9 Å². The zero-order valence-corrected chi connectivity index (χ0v) is 14.0. The van der Waals surface area contributed by atoms with Gasteiger partial charge in [0.05, 0.1) is 6.04 Å². The average molecular weight is 343 g/mol. The summed E-state index contributed by atoms with van der Waals surface area (Å²) in [4.78, 5) is 23.3. The largest absolute Gasteiger partial charge is 0.465 e. The van der Waals surface area contributed by atoms with Gasteiger partial charge in [0.2, 0.25) is 5.95 Å². The standard InChI is InChI=1S/C16H21N7O2/c1-22(16(24)25)11-5-7-23(9-11)15-17-6-4-13(19-15)18-14-8-12(20-21-14)10-2-3-10/h4,6,8,10-11H,2-3,5,7,9H2,1H3,(H,24,25)(H2,17,18,19,20,21). The molecule has 132 valence electrons. The number of H-pyrrole nitrogens is 1. The van der Waals surface area contributed by atoms with Crippen molar-refractivity contribution in [3.05, 3.63) is 24.0 Å². The van der Waals surface area contributed by atoms with E-state index in [-0.39, 0.29) is 6.04 Å². The number of nitrogens with one attached hydrogen (secondary N) is 2. The number of anilines is 3. The van der Waals surface area contributed by atoms with Crippen LogP contribution in [-0.4, -0.2) is 62.4 Å². The van der Waals surface area contributed by atoms with Crippen LogP contribution in [0.3, 0.4) is 0 Å². The topological polar surface area (TPSA) is 110 Å². The highest BCUT2D eigenvalue weighted by Crippen LogP contribution is 2.39. The molecule has 3 heterocycles. The van der Waals surface area contributed by atoms with Gasteiger partial charge in [-0.05, 0) is 25.3 Å². The number of rotatable bonds is 5. The van der Waals surface area contributed by atoms with E-state index in [2.05, 4.69) is 25.5 Å². The van der Waals surface area contributed by atoms with Crippen molar-refractivity contribution in [2.24, 2.45) is 0 Å². The number of amides is 1. The molecule has 2 aromatic rings. The third-order valence-corrected chi connectivity index (χ3v) is 4.81. The van der Waals surface area contributed by atoms with Gasteiger partial charge in [-0.25, -0.2) is 9.78 Å². The molecule has 2 fully saturated rings. The van der Waals surface area contributed by atoms with Crippen LogP contribution in [-0.2, 0) is 0 Å². The van der Waals surface area contributed by atoms with Gasteiger partial charge in [0, 0.05) is 44.0 Å². The molecule has 25 heavy (non-hydrogen) atoms. The summed E-state index contributed by atoms with van der Waals surface area (Å²) in [5.41, 5.74) is 1.16. The molecule has 1 aliphatic heterocycles. The van der Waals surface area contributed by atoms with Crippen LogP contribution >= 0.6 is 0 Å². The normalized spacial score (nSPS) is 19.9. The zero-order chi connectivity index (χ0) is 17.4. The van der Waals surface area contributed by atoms with Crippen molar-refractivity contribution in [2.75, 3.05) is 30.4 Å². The van der Waals surface area contributed by atoms with E-state index >= 15 is 0 Å². The minimum Gasteiger partial charge on any atom is -0.465 e. The lowest BCUT2D eigenvalue weighted by Gasteiger charge is -2.22. The Hall–Kier alpha value is -2.84. The Kier molecular flexibility index (Phi) is 3.90. The third-order valence-electron chi connectivity index (χ3n) is 4.81. The van der Waals surface area contributed by atoms with Gasteiger partial charge < -0.3 is 20.2 Å². The van der Waals surface area contributed by atoms with Crippen molar-refractivity contribution < 1.29 is 9.90 Å². The fourth-order valence-corrected chi connectivity index (χ4v) is 3.10. The molecular formula is C16H21N7O2. The molecule has 9 heteroatoms. The predicted octanol–water partition coefficient (Wildman–Crippen LogP) is 2.01. The van der Waals surface area contributed by atoms with Crippen LogP contribution in [0.5, 0.6) is 0 Å². The van der Waals surface area contributed by atoms with Gasteiger partial charge >= 0.3 is 6.09 Å². The van der Waals surface area contributed by atoms with Gasteiger partial charge in [0.1, 0.15) is 5.82 Å². The van der Waals surface area contributed by atoms with Gasteiger partial charge in [-0.2, -0.15) is 10.1 Å². The molecule has 2 aromatic heterocycles. The van der Waals surface area contributed by atoms with E-state index in [1.807, 2.05) is 11.0 Å². The Morgan fingerprint density at radius 2 is 2.24 bits per heavy atom. The van der Waals surface area contributed by atoms with Gasteiger partial charge in [0.15, 0.2) is 5.82 Å². The Bertz CT molecular complexity index is 773. The molecule has 1 amide bonds. The van der Waals surface area contributed by atoms with Gasteiger partial charge in [-0.3, -0.25) is 5.10 Å². The lowest BCUT2D eigenvalue weighted by atomic mass is 10.2. The molecule has 1 saturated carbocycles. The molecule has 9 nitrogen and oxygen atoms in total. The zero-order valence-electron chi connectivity index (χ0n) is 14.0. The maximum Gasteiger partial charge on any atom is 0.407 e. The first-order valence-electron chi connectivity index (χ1n) is 8.46. The first-order valence-corrected chi connectivity index (χ1v) is 8.46. The van der Waals surface area contributed by atoms with E-state index in [1.54, 1.807) is 19.3 Å². The average Bonchev–Trinajstić information content (AvgIpc) is 3.16. The lowest BCUT2D eigenvalue weighted by Crippen LogP contribution is -2.38. The summed E-state index contributed by atoms with van der Waals surface area (Å²) >= 11 is 0. The van der Waals surface area contributed by atoms with E-state index in [4.69, 9.17) is 5.11 Å². The van der Waals surface area contributed by atoms with Crippen LogP contribution < -0.4 is 10.2 Å². The third kappa shape index (κ3) is 3.35. The summed E-state index contributed by atoms with van der Waals surface area (Å²) in [6, 6.07) is 3.78. The second-order valence-corrected chi connectivity index (χ2v) is 6.63. The predicted molar refractivity (Wildman–Crippen MR) is 92.3 cm³/mol. The molecule has 4 rings (SSSR count). The number of carbonyl (C=O) groups is 1. The van der Waals surface area contributed by atoms with Crippen molar-refractivity contribution in [1.29, 1.82) is 0 Å². The number of aromatic amines is 1. The highest BCUT2D eigenvalue weighted by Gasteiger charge is 2.29. The maximum absolute atomic E-state index is 11.1. The molecule has 1 unspecified atom stereocenters. The monoisotopic (exact) mass is 343 g/mol. The summed E-state index contributed by atoms with van der Waals surface area (Å²) < 4.78 is 0. The van der Waals surface area contributed by atoms with Crippen LogP contribution in [0, 0.1) is 0 Å². The minimum atomic E-state index is -0.909. The van der Waals surface area contributed by atoms with Crippen molar-refractivity contribution in [3.8, 4) is 0 Å². The number of aromatic nitrogens is 4. The van der Waals surface area contributed by atoms with E-state index < -0.39 is 6.09 Å². The summed E-state index contributed by atoms with van der Waals surface area (Å²) in [6.07, 6.45) is 4.01. The first kappa shape index (κ1) is 15.7. The molecule has 0 spiro atoms. The molecule has 3 N–H and O–H groups in total. The molecule has 1 saturated heterocycles. The molecular weight excluding hydrogens is 322 g/mol. The summed E-state index contributed by atoms with van der Waals surface area (Å²) in [5.74, 6) is 2.64. The minimum absolute atomic E-state index is 0.0369. The Labute approximate surface area is 145 Å².